The van der Waals surface area contributed by atoms with Crippen molar-refractivity contribution in [3.63, 3.8) is 0 Å². The molecule has 1 amide bonds. The molecule has 92 valence electrons. The van der Waals surface area contributed by atoms with E-state index in [1.54, 1.807) is 0 Å². The standard InChI is InChI=1S/C14H19NOS/c1-10-3-5-13(6-4-10)11(2)15-8-12(9-17)7-14(15)16/h3-6,11-12,17H,7-9H2,1-2H3. The van der Waals surface area contributed by atoms with Gasteiger partial charge in [0.15, 0.2) is 0 Å². The van der Waals surface area contributed by atoms with Gasteiger partial charge in [-0.2, -0.15) is 12.6 Å². The number of nitrogens with zero attached hydrogens (tertiary/aromatic N) is 1. The summed E-state index contributed by atoms with van der Waals surface area (Å²) in [5, 5.41) is 0. The first kappa shape index (κ1) is 12.5. The number of aryl methyl sites for hydroxylation is 1. The fraction of sp³-hybridized carbons (Fsp3) is 0.500. The highest BCUT2D eigenvalue weighted by Gasteiger charge is 2.32. The molecule has 17 heavy (non-hydrogen) atoms. The third-order valence-corrected chi connectivity index (χ3v) is 4.04. The van der Waals surface area contributed by atoms with Crippen molar-refractivity contribution in [2.45, 2.75) is 26.3 Å². The zero-order valence-electron chi connectivity index (χ0n) is 10.4. The van der Waals surface area contributed by atoms with Gasteiger partial charge in [0.25, 0.3) is 0 Å². The Hall–Kier alpha value is -0.960. The van der Waals surface area contributed by atoms with Crippen LogP contribution in [0.1, 0.15) is 30.5 Å². The van der Waals surface area contributed by atoms with Crippen molar-refractivity contribution in [3.8, 4) is 0 Å². The van der Waals surface area contributed by atoms with Gasteiger partial charge in [0, 0.05) is 13.0 Å². The molecule has 0 spiro atoms. The van der Waals surface area contributed by atoms with Gasteiger partial charge < -0.3 is 4.90 Å². The molecule has 1 aromatic rings. The first-order valence-electron chi connectivity index (χ1n) is 6.08. The Balaban J connectivity index is 2.12. The van der Waals surface area contributed by atoms with E-state index in [9.17, 15) is 4.79 Å². The maximum atomic E-state index is 11.9. The summed E-state index contributed by atoms with van der Waals surface area (Å²) in [5.41, 5.74) is 2.46. The maximum Gasteiger partial charge on any atom is 0.223 e. The molecule has 2 unspecified atom stereocenters. The Morgan fingerprint density at radius 1 is 1.41 bits per heavy atom. The molecular formula is C14H19NOS. The van der Waals surface area contributed by atoms with Gasteiger partial charge in [-0.25, -0.2) is 0 Å². The lowest BCUT2D eigenvalue weighted by Crippen LogP contribution is -2.28. The number of amides is 1. The van der Waals surface area contributed by atoms with Gasteiger partial charge in [-0.05, 0) is 31.1 Å². The highest BCUT2D eigenvalue weighted by molar-refractivity contribution is 7.80. The normalized spacial score (nSPS) is 21.9. The van der Waals surface area contributed by atoms with Crippen molar-refractivity contribution in [3.05, 3.63) is 35.4 Å². The topological polar surface area (TPSA) is 20.3 Å². The van der Waals surface area contributed by atoms with E-state index >= 15 is 0 Å². The molecule has 1 aliphatic heterocycles. The average Bonchev–Trinajstić information content (AvgIpc) is 2.71. The fourth-order valence-electron chi connectivity index (χ4n) is 2.33. The molecular weight excluding hydrogens is 230 g/mol. The summed E-state index contributed by atoms with van der Waals surface area (Å²) in [6.07, 6.45) is 0.652. The summed E-state index contributed by atoms with van der Waals surface area (Å²) in [4.78, 5) is 13.9. The summed E-state index contributed by atoms with van der Waals surface area (Å²) in [7, 11) is 0. The summed E-state index contributed by atoms with van der Waals surface area (Å²) < 4.78 is 0. The Bertz CT molecular complexity index is 401. The van der Waals surface area contributed by atoms with E-state index in [0.717, 1.165) is 12.3 Å². The quantitative estimate of drug-likeness (QED) is 0.817. The number of likely N-dealkylation sites (tertiary alicyclic amines) is 1. The van der Waals surface area contributed by atoms with Gasteiger partial charge in [-0.1, -0.05) is 29.8 Å². The third-order valence-electron chi connectivity index (χ3n) is 3.52. The van der Waals surface area contributed by atoms with Gasteiger partial charge >= 0.3 is 0 Å². The van der Waals surface area contributed by atoms with Crippen molar-refractivity contribution in [2.24, 2.45) is 5.92 Å². The molecule has 0 radical (unpaired) electrons. The van der Waals surface area contributed by atoms with Gasteiger partial charge in [-0.3, -0.25) is 4.79 Å². The van der Waals surface area contributed by atoms with E-state index in [2.05, 4.69) is 50.7 Å². The predicted octanol–water partition coefficient (Wildman–Crippen LogP) is 2.83. The molecule has 2 rings (SSSR count). The van der Waals surface area contributed by atoms with Crippen molar-refractivity contribution >= 4 is 18.5 Å². The largest absolute Gasteiger partial charge is 0.336 e. The van der Waals surface area contributed by atoms with Crippen molar-refractivity contribution in [2.75, 3.05) is 12.3 Å². The van der Waals surface area contributed by atoms with Crippen LogP contribution in [0, 0.1) is 12.8 Å². The number of rotatable bonds is 3. The minimum Gasteiger partial charge on any atom is -0.336 e. The van der Waals surface area contributed by atoms with Crippen LogP contribution < -0.4 is 0 Å². The third kappa shape index (κ3) is 2.65. The summed E-state index contributed by atoms with van der Waals surface area (Å²) in [5.74, 6) is 1.47. The fourth-order valence-corrected chi connectivity index (χ4v) is 2.57. The van der Waals surface area contributed by atoms with Crippen LogP contribution in [-0.4, -0.2) is 23.1 Å². The Kier molecular flexibility index (Phi) is 3.77. The Morgan fingerprint density at radius 3 is 2.59 bits per heavy atom. The van der Waals surface area contributed by atoms with Crippen molar-refractivity contribution in [1.82, 2.24) is 4.90 Å². The molecule has 1 fully saturated rings. The van der Waals surface area contributed by atoms with Crippen LogP contribution in [0.15, 0.2) is 24.3 Å². The van der Waals surface area contributed by atoms with E-state index in [1.807, 2.05) is 4.90 Å². The predicted molar refractivity (Wildman–Crippen MR) is 73.3 cm³/mol. The molecule has 1 saturated heterocycles. The molecule has 2 atom stereocenters. The minimum atomic E-state index is 0.174. The zero-order valence-corrected chi connectivity index (χ0v) is 11.3. The molecule has 0 aliphatic carbocycles. The lowest BCUT2D eigenvalue weighted by Gasteiger charge is -2.25. The van der Waals surface area contributed by atoms with Crippen LogP contribution in [0.5, 0.6) is 0 Å². The van der Waals surface area contributed by atoms with Crippen molar-refractivity contribution < 1.29 is 4.79 Å². The van der Waals surface area contributed by atoms with Crippen LogP contribution >= 0.6 is 12.6 Å². The lowest BCUT2D eigenvalue weighted by molar-refractivity contribution is -0.129. The smallest absolute Gasteiger partial charge is 0.223 e. The molecule has 1 aliphatic rings. The average molecular weight is 249 g/mol. The van der Waals surface area contributed by atoms with Crippen molar-refractivity contribution in [1.29, 1.82) is 0 Å². The number of carbonyl (C=O) groups is 1. The maximum absolute atomic E-state index is 11.9. The van der Waals surface area contributed by atoms with Crippen LogP contribution in [0.25, 0.3) is 0 Å². The highest BCUT2D eigenvalue weighted by Crippen LogP contribution is 2.28. The summed E-state index contributed by atoms with van der Waals surface area (Å²) in [6, 6.07) is 8.60. The van der Waals surface area contributed by atoms with Crippen LogP contribution in [0.2, 0.25) is 0 Å². The highest BCUT2D eigenvalue weighted by atomic mass is 32.1. The molecule has 3 heteroatoms. The second-order valence-electron chi connectivity index (χ2n) is 4.89. The van der Waals surface area contributed by atoms with E-state index in [0.29, 0.717) is 12.3 Å². The molecule has 0 saturated carbocycles. The molecule has 1 aromatic carbocycles. The minimum absolute atomic E-state index is 0.174. The van der Waals surface area contributed by atoms with Gasteiger partial charge in [0.05, 0.1) is 6.04 Å². The number of hydrogen-bond acceptors (Lipinski definition) is 2. The van der Waals surface area contributed by atoms with Crippen LogP contribution in [0.4, 0.5) is 0 Å². The molecule has 0 aromatic heterocycles. The molecule has 0 bridgehead atoms. The second kappa shape index (κ2) is 5.13. The van der Waals surface area contributed by atoms with E-state index < -0.39 is 0 Å². The summed E-state index contributed by atoms with van der Waals surface area (Å²) >= 11 is 4.29. The number of carbonyl (C=O) groups excluding carboxylic acids is 1. The molecule has 0 N–H and O–H groups in total. The first-order chi connectivity index (χ1) is 8.11. The number of hydrogen-bond donors (Lipinski definition) is 1. The SMILES string of the molecule is Cc1ccc(C(C)N2CC(CS)CC2=O)cc1. The number of benzene rings is 1. The molecule has 2 nitrogen and oxygen atoms in total. The van der Waals surface area contributed by atoms with E-state index in [-0.39, 0.29) is 11.9 Å². The molecule has 1 heterocycles. The van der Waals surface area contributed by atoms with Gasteiger partial charge in [0.2, 0.25) is 5.91 Å². The lowest BCUT2D eigenvalue weighted by atomic mass is 10.1. The Morgan fingerprint density at radius 2 is 2.06 bits per heavy atom. The second-order valence-corrected chi connectivity index (χ2v) is 5.25. The first-order valence-corrected chi connectivity index (χ1v) is 6.72. The summed E-state index contributed by atoms with van der Waals surface area (Å²) in [6.45, 7) is 5.02. The van der Waals surface area contributed by atoms with Gasteiger partial charge in [-0.15, -0.1) is 0 Å². The zero-order chi connectivity index (χ0) is 12.4. The van der Waals surface area contributed by atoms with E-state index in [4.69, 9.17) is 0 Å². The Labute approximate surface area is 108 Å². The van der Waals surface area contributed by atoms with Crippen LogP contribution in [0.3, 0.4) is 0 Å². The number of thiol groups is 1. The van der Waals surface area contributed by atoms with Gasteiger partial charge in [0.1, 0.15) is 0 Å². The monoisotopic (exact) mass is 249 g/mol. The van der Waals surface area contributed by atoms with E-state index in [1.165, 1.54) is 11.1 Å². The van der Waals surface area contributed by atoms with Crippen LogP contribution in [-0.2, 0) is 4.79 Å².